The van der Waals surface area contributed by atoms with E-state index in [1.807, 2.05) is 92.7 Å². The molecule has 4 rings (SSSR count). The molecule has 1 aliphatic heterocycles. The third kappa shape index (κ3) is 13.2. The van der Waals surface area contributed by atoms with Crippen molar-refractivity contribution in [3.63, 3.8) is 0 Å². The van der Waals surface area contributed by atoms with Crippen LogP contribution in [0.1, 0.15) is 62.6 Å². The number of benzene rings is 3. The van der Waals surface area contributed by atoms with E-state index in [9.17, 15) is 14.4 Å². The molecule has 1 fully saturated rings. The average Bonchev–Trinajstić information content (AvgIpc) is 3.09. The summed E-state index contributed by atoms with van der Waals surface area (Å²) in [6.45, 7) is 4.96. The maximum absolute atomic E-state index is 13.8. The Morgan fingerprint density at radius 2 is 1.43 bits per heavy atom. The minimum absolute atomic E-state index is 0.0845. The van der Waals surface area contributed by atoms with Gasteiger partial charge in [0, 0.05) is 19.6 Å². The molecule has 1 aliphatic rings. The summed E-state index contributed by atoms with van der Waals surface area (Å²) in [5, 5.41) is 8.69. The van der Waals surface area contributed by atoms with Gasteiger partial charge in [-0.1, -0.05) is 105 Å². The van der Waals surface area contributed by atoms with Gasteiger partial charge in [0.05, 0.1) is 6.10 Å². The summed E-state index contributed by atoms with van der Waals surface area (Å²) < 4.78 is 17.6. The Balaban J connectivity index is 1.41. The molecule has 3 N–H and O–H groups in total. The van der Waals surface area contributed by atoms with Gasteiger partial charge in [-0.05, 0) is 61.1 Å². The van der Waals surface area contributed by atoms with E-state index >= 15 is 0 Å². The van der Waals surface area contributed by atoms with Crippen molar-refractivity contribution in [2.24, 2.45) is 5.92 Å². The lowest BCUT2D eigenvalue weighted by molar-refractivity contribution is -0.188. The molecule has 252 valence electrons. The van der Waals surface area contributed by atoms with Gasteiger partial charge in [0.1, 0.15) is 18.7 Å². The quantitative estimate of drug-likeness (QED) is 0.174. The van der Waals surface area contributed by atoms with Crippen LogP contribution in [-0.2, 0) is 43.2 Å². The van der Waals surface area contributed by atoms with E-state index < -0.39 is 24.1 Å². The fourth-order valence-electron chi connectivity index (χ4n) is 5.50. The first kappa shape index (κ1) is 35.6. The van der Waals surface area contributed by atoms with Crippen molar-refractivity contribution in [3.8, 4) is 0 Å². The molecular formula is C38H49N3O6. The van der Waals surface area contributed by atoms with E-state index in [1.165, 1.54) is 5.56 Å². The number of amides is 3. The van der Waals surface area contributed by atoms with Crippen LogP contribution in [0.5, 0.6) is 0 Å². The van der Waals surface area contributed by atoms with E-state index in [2.05, 4.69) is 28.1 Å². The highest BCUT2D eigenvalue weighted by atomic mass is 16.7. The van der Waals surface area contributed by atoms with Crippen LogP contribution in [0.25, 0.3) is 0 Å². The highest BCUT2D eigenvalue weighted by molar-refractivity contribution is 5.91. The number of hydrogen-bond donors (Lipinski definition) is 3. The van der Waals surface area contributed by atoms with Gasteiger partial charge in [0.2, 0.25) is 11.8 Å². The molecule has 0 spiro atoms. The first-order valence-electron chi connectivity index (χ1n) is 16.8. The van der Waals surface area contributed by atoms with Gasteiger partial charge in [-0.15, -0.1) is 0 Å². The molecule has 4 atom stereocenters. The monoisotopic (exact) mass is 643 g/mol. The van der Waals surface area contributed by atoms with Gasteiger partial charge >= 0.3 is 6.09 Å². The summed E-state index contributed by atoms with van der Waals surface area (Å²) >= 11 is 0. The molecule has 3 amide bonds. The number of ether oxygens (including phenoxy) is 3. The molecule has 9 heteroatoms. The van der Waals surface area contributed by atoms with Gasteiger partial charge < -0.3 is 30.2 Å². The fourth-order valence-corrected chi connectivity index (χ4v) is 5.50. The molecular weight excluding hydrogens is 594 g/mol. The van der Waals surface area contributed by atoms with E-state index in [-0.39, 0.29) is 43.8 Å². The standard InChI is InChI=1S/C38H49N3O6/c1-28(2)24-33(41-38(44)46-27-31-18-10-5-11-19-31)37(43)40-34(25-30-16-8-4-9-17-30)36(42)39-26-32(47-35-20-12-13-23-45-35)22-21-29-14-6-3-7-15-29/h3-11,14-19,28,32-35H,12-13,20-27H2,1-2H3,(H,39,42)(H,40,43)(H,41,44)/t32?,33-,34-,35?/m0/s1. The maximum Gasteiger partial charge on any atom is 0.408 e. The van der Waals surface area contributed by atoms with Gasteiger partial charge in [0.15, 0.2) is 6.29 Å². The highest BCUT2D eigenvalue weighted by Gasteiger charge is 2.29. The molecule has 3 aromatic carbocycles. The predicted molar refractivity (Wildman–Crippen MR) is 181 cm³/mol. The summed E-state index contributed by atoms with van der Waals surface area (Å²) in [7, 11) is 0. The van der Waals surface area contributed by atoms with Gasteiger partial charge in [-0.3, -0.25) is 9.59 Å². The lowest BCUT2D eigenvalue weighted by atomic mass is 10.0. The van der Waals surface area contributed by atoms with Crippen LogP contribution in [0.2, 0.25) is 0 Å². The molecule has 47 heavy (non-hydrogen) atoms. The fraction of sp³-hybridized carbons (Fsp3) is 0.447. The number of carbonyl (C=O) groups is 3. The third-order valence-electron chi connectivity index (χ3n) is 8.03. The van der Waals surface area contributed by atoms with Crippen LogP contribution >= 0.6 is 0 Å². The SMILES string of the molecule is CC(C)C[C@H](NC(=O)OCc1ccccc1)C(=O)N[C@@H](Cc1ccccc1)C(=O)NCC(CCc1ccccc1)OC1CCCCO1. The molecule has 0 aliphatic carbocycles. The number of rotatable bonds is 17. The van der Waals surface area contributed by atoms with Gasteiger partial charge in [0.25, 0.3) is 0 Å². The highest BCUT2D eigenvalue weighted by Crippen LogP contribution is 2.18. The second-order valence-electron chi connectivity index (χ2n) is 12.5. The van der Waals surface area contributed by atoms with Crippen molar-refractivity contribution in [1.82, 2.24) is 16.0 Å². The Hall–Kier alpha value is -4.21. The third-order valence-corrected chi connectivity index (χ3v) is 8.03. The van der Waals surface area contributed by atoms with Crippen LogP contribution in [0.3, 0.4) is 0 Å². The number of alkyl carbamates (subject to hydrolysis) is 1. The maximum atomic E-state index is 13.8. The topological polar surface area (TPSA) is 115 Å². The molecule has 2 unspecified atom stereocenters. The second kappa shape index (κ2) is 19.5. The van der Waals surface area contributed by atoms with Crippen LogP contribution in [-0.4, -0.2) is 55.5 Å². The Bertz CT molecular complexity index is 1350. The van der Waals surface area contributed by atoms with E-state index in [0.29, 0.717) is 19.4 Å². The van der Waals surface area contributed by atoms with E-state index in [4.69, 9.17) is 14.2 Å². The summed E-state index contributed by atoms with van der Waals surface area (Å²) in [5.41, 5.74) is 2.93. The Labute approximate surface area is 278 Å². The molecule has 3 aromatic rings. The Morgan fingerprint density at radius 3 is 2.04 bits per heavy atom. The van der Waals surface area contributed by atoms with E-state index in [0.717, 1.165) is 36.8 Å². The summed E-state index contributed by atoms with van der Waals surface area (Å²) in [5.74, 6) is -0.667. The smallest absolute Gasteiger partial charge is 0.408 e. The molecule has 9 nitrogen and oxygen atoms in total. The van der Waals surface area contributed by atoms with Crippen LogP contribution in [0.4, 0.5) is 4.79 Å². The van der Waals surface area contributed by atoms with Crippen molar-refractivity contribution >= 4 is 17.9 Å². The zero-order valence-electron chi connectivity index (χ0n) is 27.6. The molecule has 1 heterocycles. The zero-order chi connectivity index (χ0) is 33.3. The van der Waals surface area contributed by atoms with Crippen LogP contribution in [0, 0.1) is 5.92 Å². The normalized spacial score (nSPS) is 16.4. The summed E-state index contributed by atoms with van der Waals surface area (Å²) in [4.78, 5) is 40.1. The van der Waals surface area contributed by atoms with Crippen LogP contribution in [0.15, 0.2) is 91.0 Å². The van der Waals surface area contributed by atoms with Gasteiger partial charge in [-0.25, -0.2) is 4.79 Å². The predicted octanol–water partition coefficient (Wildman–Crippen LogP) is 5.72. The number of carbonyl (C=O) groups excluding carboxylic acids is 3. The number of aryl methyl sites for hydroxylation is 1. The van der Waals surface area contributed by atoms with Gasteiger partial charge in [-0.2, -0.15) is 0 Å². The first-order chi connectivity index (χ1) is 22.9. The Kier molecular flexibility index (Phi) is 14.7. The van der Waals surface area contributed by atoms with Crippen molar-refractivity contribution in [2.75, 3.05) is 13.2 Å². The van der Waals surface area contributed by atoms with Crippen molar-refractivity contribution < 1.29 is 28.6 Å². The molecule has 0 radical (unpaired) electrons. The number of nitrogens with one attached hydrogen (secondary N) is 3. The molecule has 0 bridgehead atoms. The first-order valence-corrected chi connectivity index (χ1v) is 16.8. The van der Waals surface area contributed by atoms with Crippen molar-refractivity contribution in [3.05, 3.63) is 108 Å². The average molecular weight is 644 g/mol. The van der Waals surface area contributed by atoms with Crippen molar-refractivity contribution in [2.45, 2.75) is 89.9 Å². The summed E-state index contributed by atoms with van der Waals surface area (Å²) in [6, 6.07) is 27.3. The summed E-state index contributed by atoms with van der Waals surface area (Å²) in [6.07, 6.45) is 3.77. The molecule has 1 saturated heterocycles. The minimum Gasteiger partial charge on any atom is -0.445 e. The zero-order valence-corrected chi connectivity index (χ0v) is 27.6. The van der Waals surface area contributed by atoms with Crippen molar-refractivity contribution in [1.29, 1.82) is 0 Å². The second-order valence-corrected chi connectivity index (χ2v) is 12.5. The Morgan fingerprint density at radius 1 is 0.787 bits per heavy atom. The lowest BCUT2D eigenvalue weighted by Crippen LogP contribution is -2.55. The van der Waals surface area contributed by atoms with E-state index in [1.54, 1.807) is 0 Å². The minimum atomic E-state index is -0.880. The lowest BCUT2D eigenvalue weighted by Gasteiger charge is -2.29. The van der Waals surface area contributed by atoms with Crippen LogP contribution < -0.4 is 16.0 Å². The molecule has 0 saturated carbocycles. The molecule has 0 aromatic heterocycles. The largest absolute Gasteiger partial charge is 0.445 e. The number of hydrogen-bond acceptors (Lipinski definition) is 6.